The van der Waals surface area contributed by atoms with Gasteiger partial charge in [-0.2, -0.15) is 0 Å². The standard InChI is InChI=1S/C57H89N5O27S/c1-6-7-8-9-10-11-12-13-14-18-80-31-17-15-16-30(19-31)53(78)62-39-44(73)43(72)32(20-63)82-54(39)87-50-34(22-65)84-56(41(46(50)75)60-28(4)70)89-52-36(24-67)85-57(42(48(52)77)61-29(5)71)88-51-35(23-66)83-55(40(47(51)76)59-27(3)69)86-49-33(21-64)81-37(25-90-79)38(45(49)74)58-26(2)68/h15-17,19,32-52,54-57,63-67,72-77,79H,6-10,13-14,18,20-25H2,1-5H3,(H,58,68)(H,59,69)(H,60,70)(H,61,71)(H,62,78)/t32?,33?,34?,35?,36-,37+,38-,39?,40?,41?,42+,43-,44?,45-,46?,47?,48-,49?,50-,51-,52?,54+,55+,56?,57+/m1/s1. The average molecular weight is 1310 g/mol. The van der Waals surface area contributed by atoms with Crippen LogP contribution in [-0.2, 0) is 61.8 Å². The number of rotatable bonds is 29. The highest BCUT2D eigenvalue weighted by Gasteiger charge is 2.58. The Kier molecular flexibility index (Phi) is 30.0. The van der Waals surface area contributed by atoms with Crippen molar-refractivity contribution in [2.75, 3.05) is 45.4 Å². The molecule has 510 valence electrons. The first-order valence-corrected chi connectivity index (χ1v) is 30.8. The van der Waals surface area contributed by atoms with Gasteiger partial charge in [-0.3, -0.25) is 24.0 Å². The van der Waals surface area contributed by atoms with E-state index in [1.165, 1.54) is 18.6 Å². The molecule has 6 rings (SSSR count). The maximum absolute atomic E-state index is 13.9. The summed E-state index contributed by atoms with van der Waals surface area (Å²) in [6.07, 6.45) is -28.2. The number of unbranched alkanes of at least 4 members (excludes halogenated alkanes) is 5. The number of ether oxygens (including phenoxy) is 10. The van der Waals surface area contributed by atoms with Gasteiger partial charge in [-0.05, 0) is 43.1 Å². The lowest BCUT2D eigenvalue weighted by Gasteiger charge is -2.51. The van der Waals surface area contributed by atoms with E-state index < -0.39 is 216 Å². The second kappa shape index (κ2) is 36.2. The minimum atomic E-state index is -2.03. The predicted molar refractivity (Wildman–Crippen MR) is 309 cm³/mol. The molecule has 13 unspecified atom stereocenters. The molecule has 25 atom stereocenters. The Hall–Kier alpha value is -4.56. The third-order valence-corrected chi connectivity index (χ3v) is 16.2. The molecule has 0 aliphatic carbocycles. The van der Waals surface area contributed by atoms with Crippen molar-refractivity contribution in [1.29, 1.82) is 0 Å². The highest BCUT2D eigenvalue weighted by atomic mass is 32.2. The van der Waals surface area contributed by atoms with Crippen LogP contribution in [0.15, 0.2) is 24.3 Å². The molecule has 32 nitrogen and oxygen atoms in total. The van der Waals surface area contributed by atoms with Crippen LogP contribution in [0.3, 0.4) is 0 Å². The van der Waals surface area contributed by atoms with Crippen LogP contribution in [0, 0.1) is 11.8 Å². The zero-order valence-corrected chi connectivity index (χ0v) is 51.4. The number of aliphatic hydroxyl groups excluding tert-OH is 11. The minimum absolute atomic E-state index is 0.0445. The first-order chi connectivity index (χ1) is 43.0. The van der Waals surface area contributed by atoms with Crippen molar-refractivity contribution < 1.29 is 132 Å². The van der Waals surface area contributed by atoms with Crippen molar-refractivity contribution in [2.24, 2.45) is 0 Å². The van der Waals surface area contributed by atoms with Crippen LogP contribution in [0.25, 0.3) is 0 Å². The molecule has 1 aromatic carbocycles. The monoisotopic (exact) mass is 1310 g/mol. The first kappa shape index (κ1) is 74.5. The molecule has 5 aliphatic heterocycles. The molecule has 17 N–H and O–H groups in total. The van der Waals surface area contributed by atoms with Crippen LogP contribution in [0.5, 0.6) is 5.75 Å². The van der Waals surface area contributed by atoms with Crippen LogP contribution >= 0.6 is 12.0 Å². The lowest BCUT2D eigenvalue weighted by atomic mass is 9.92. The maximum atomic E-state index is 13.9. The van der Waals surface area contributed by atoms with Crippen molar-refractivity contribution in [1.82, 2.24) is 26.6 Å². The van der Waals surface area contributed by atoms with E-state index in [0.717, 1.165) is 53.4 Å². The lowest BCUT2D eigenvalue weighted by molar-refractivity contribution is -0.366. The molecular formula is C57H89N5O27S. The molecule has 0 bridgehead atoms. The Morgan fingerprint density at radius 3 is 1.28 bits per heavy atom. The van der Waals surface area contributed by atoms with Gasteiger partial charge in [0.05, 0.1) is 51.8 Å². The second-order valence-electron chi connectivity index (χ2n) is 22.5. The van der Waals surface area contributed by atoms with E-state index in [4.69, 9.17) is 47.4 Å². The quantitative estimate of drug-likeness (QED) is 0.0202. The zero-order valence-electron chi connectivity index (χ0n) is 50.5. The van der Waals surface area contributed by atoms with Gasteiger partial charge in [-0.15, -0.1) is 11.8 Å². The number of aliphatic hydroxyl groups is 11. The van der Waals surface area contributed by atoms with E-state index in [-0.39, 0.29) is 11.3 Å². The molecular weight excluding hydrogens is 1220 g/mol. The molecule has 0 aromatic heterocycles. The predicted octanol–water partition coefficient (Wildman–Crippen LogP) is -5.52. The van der Waals surface area contributed by atoms with Crippen LogP contribution in [-0.4, -0.2) is 289 Å². The third kappa shape index (κ3) is 19.5. The van der Waals surface area contributed by atoms with Crippen LogP contribution in [0.4, 0.5) is 0 Å². The van der Waals surface area contributed by atoms with Crippen molar-refractivity contribution in [2.45, 2.75) is 233 Å². The highest BCUT2D eigenvalue weighted by Crippen LogP contribution is 2.37. The summed E-state index contributed by atoms with van der Waals surface area (Å²) in [5.74, 6) is 2.66. The summed E-state index contributed by atoms with van der Waals surface area (Å²) in [5.41, 5.74) is 0.0445. The molecule has 1 aromatic rings. The lowest BCUT2D eigenvalue weighted by Crippen LogP contribution is -2.72. The van der Waals surface area contributed by atoms with E-state index in [2.05, 4.69) is 45.3 Å². The number of hydrogen-bond acceptors (Lipinski definition) is 28. The normalized spacial score (nSPS) is 36.9. The molecule has 0 saturated carbocycles. The van der Waals surface area contributed by atoms with Gasteiger partial charge in [0.15, 0.2) is 25.2 Å². The zero-order chi connectivity index (χ0) is 65.9. The van der Waals surface area contributed by atoms with Gasteiger partial charge in [0.25, 0.3) is 5.91 Å². The van der Waals surface area contributed by atoms with Crippen molar-refractivity contribution in [3.63, 3.8) is 0 Å². The fraction of sp³-hybridized carbons (Fsp3) is 0.772. The SMILES string of the molecule is CCCCCCC#CCCCOc1cccc(C(=O)NC2C(O)[C@H](O)C(CO)O[C@H]2O[C@@H]2C(CO)OC(OC3[C@@H](CO)O[C@@H](O[C@@H]4C(CO)O[C@@H](OC5C(CO)O[C@@H](CSO)[C@@H](NC(C)=O)[C@H]5O)C(NC(C)=O)C4O)[C@@H](NC(C)=O)[C@H]3O)C(NC(C)=O)C2O)c1. The minimum Gasteiger partial charge on any atom is -0.494 e. The number of carbonyl (C=O) groups is 5. The third-order valence-electron chi connectivity index (χ3n) is 15.7. The van der Waals surface area contributed by atoms with E-state index in [0.29, 0.717) is 37.2 Å². The Morgan fingerprint density at radius 2 is 0.867 bits per heavy atom. The van der Waals surface area contributed by atoms with Gasteiger partial charge in [0.1, 0.15) is 121 Å². The molecule has 5 heterocycles. The summed E-state index contributed by atoms with van der Waals surface area (Å²) >= 11 is 0.339. The van der Waals surface area contributed by atoms with E-state index in [9.17, 15) is 84.7 Å². The van der Waals surface area contributed by atoms with Crippen LogP contribution in [0.1, 0.15) is 89.9 Å². The Morgan fingerprint density at radius 1 is 0.478 bits per heavy atom. The van der Waals surface area contributed by atoms with Crippen LogP contribution < -0.4 is 31.3 Å². The van der Waals surface area contributed by atoms with E-state index in [1.807, 2.05) is 0 Å². The Labute approximate surface area is 524 Å². The fourth-order valence-electron chi connectivity index (χ4n) is 11.3. The first-order valence-electron chi connectivity index (χ1n) is 29.9. The molecule has 33 heteroatoms. The molecule has 5 aliphatic rings. The summed E-state index contributed by atoms with van der Waals surface area (Å²) in [6.45, 7) is 2.11. The maximum Gasteiger partial charge on any atom is 0.251 e. The van der Waals surface area contributed by atoms with Gasteiger partial charge < -0.3 is 135 Å². The summed E-state index contributed by atoms with van der Waals surface area (Å²) < 4.78 is 70.2. The molecule has 0 radical (unpaired) electrons. The number of benzene rings is 1. The summed E-state index contributed by atoms with van der Waals surface area (Å²) in [6, 6.07) is -1.95. The number of amides is 5. The Bertz CT molecular complexity index is 2510. The summed E-state index contributed by atoms with van der Waals surface area (Å²) in [5, 5.41) is 136. The Balaban J connectivity index is 1.19. The smallest absolute Gasteiger partial charge is 0.251 e. The molecule has 0 spiro atoms. The summed E-state index contributed by atoms with van der Waals surface area (Å²) in [7, 11) is 0. The van der Waals surface area contributed by atoms with Crippen LogP contribution in [0.2, 0.25) is 0 Å². The van der Waals surface area contributed by atoms with Gasteiger partial charge >= 0.3 is 0 Å². The summed E-state index contributed by atoms with van der Waals surface area (Å²) in [4.78, 5) is 64.5. The van der Waals surface area contributed by atoms with Crippen molar-refractivity contribution in [3.05, 3.63) is 29.8 Å². The topological polar surface area (TPSA) is 481 Å². The van der Waals surface area contributed by atoms with Gasteiger partial charge in [-0.1, -0.05) is 32.3 Å². The molecule has 5 fully saturated rings. The highest BCUT2D eigenvalue weighted by molar-refractivity contribution is 7.93. The molecule has 5 saturated heterocycles. The van der Waals surface area contributed by atoms with Crippen molar-refractivity contribution in [3.8, 4) is 17.6 Å². The fourth-order valence-corrected chi connectivity index (χ4v) is 11.7. The van der Waals surface area contributed by atoms with Gasteiger partial charge in [0, 0.05) is 51.9 Å². The molecule has 5 amide bonds. The number of carbonyl (C=O) groups excluding carboxylic acids is 5. The van der Waals surface area contributed by atoms with E-state index in [1.54, 1.807) is 12.1 Å². The average Bonchev–Trinajstić information content (AvgIpc) is 0.868. The van der Waals surface area contributed by atoms with Crippen molar-refractivity contribution >= 4 is 41.6 Å². The van der Waals surface area contributed by atoms with E-state index >= 15 is 0 Å². The largest absolute Gasteiger partial charge is 0.494 e. The second-order valence-corrected chi connectivity index (χ2v) is 23.1. The van der Waals surface area contributed by atoms with Gasteiger partial charge in [0.2, 0.25) is 23.6 Å². The molecule has 90 heavy (non-hydrogen) atoms. The van der Waals surface area contributed by atoms with Gasteiger partial charge in [-0.25, -0.2) is 0 Å². The number of nitrogens with one attached hydrogen (secondary N) is 5. The number of hydrogen-bond donors (Lipinski definition) is 17.